The molecule has 5 heteroatoms. The molecule has 0 saturated carbocycles. The fourth-order valence-electron chi connectivity index (χ4n) is 3.18. The summed E-state index contributed by atoms with van der Waals surface area (Å²) < 4.78 is 0. The number of likely N-dealkylation sites (tertiary alicyclic amines) is 1. The molecular formula is C19H32ClN3O. The van der Waals surface area contributed by atoms with Crippen molar-refractivity contribution in [3.05, 3.63) is 35.9 Å². The molecule has 0 spiro atoms. The molecular weight excluding hydrogens is 322 g/mol. The van der Waals surface area contributed by atoms with E-state index in [1.54, 1.807) is 0 Å². The van der Waals surface area contributed by atoms with Gasteiger partial charge in [0, 0.05) is 24.7 Å². The second kappa shape index (κ2) is 9.40. The highest BCUT2D eigenvalue weighted by Crippen LogP contribution is 2.19. The number of halogens is 1. The van der Waals surface area contributed by atoms with E-state index in [9.17, 15) is 4.79 Å². The van der Waals surface area contributed by atoms with Crippen molar-refractivity contribution in [2.45, 2.75) is 51.7 Å². The molecule has 0 aliphatic carbocycles. The highest BCUT2D eigenvalue weighted by atomic mass is 35.5. The number of rotatable bonds is 5. The molecule has 1 saturated heterocycles. The van der Waals surface area contributed by atoms with E-state index in [0.717, 1.165) is 19.5 Å². The van der Waals surface area contributed by atoms with Crippen LogP contribution in [-0.4, -0.2) is 54.0 Å². The van der Waals surface area contributed by atoms with Gasteiger partial charge in [0.2, 0.25) is 5.91 Å². The third-order valence-electron chi connectivity index (χ3n) is 4.57. The Labute approximate surface area is 153 Å². The van der Waals surface area contributed by atoms with E-state index in [0.29, 0.717) is 19.1 Å². The predicted molar refractivity (Wildman–Crippen MR) is 103 cm³/mol. The first-order chi connectivity index (χ1) is 10.9. The Balaban J connectivity index is 0.00000288. The normalized spacial score (nSPS) is 18.8. The Hall–Kier alpha value is -1.10. The van der Waals surface area contributed by atoms with Crippen LogP contribution in [0.2, 0.25) is 0 Å². The van der Waals surface area contributed by atoms with Crippen LogP contribution in [0.25, 0.3) is 0 Å². The van der Waals surface area contributed by atoms with Gasteiger partial charge in [-0.1, -0.05) is 30.3 Å². The van der Waals surface area contributed by atoms with Crippen LogP contribution in [0.1, 0.15) is 39.2 Å². The van der Waals surface area contributed by atoms with E-state index in [4.69, 9.17) is 0 Å². The zero-order valence-electron chi connectivity index (χ0n) is 15.4. The van der Waals surface area contributed by atoms with Gasteiger partial charge in [-0.3, -0.25) is 9.69 Å². The van der Waals surface area contributed by atoms with E-state index >= 15 is 0 Å². The monoisotopic (exact) mass is 353 g/mol. The minimum atomic E-state index is -0.175. The summed E-state index contributed by atoms with van der Waals surface area (Å²) in [6, 6.07) is 10.8. The largest absolute Gasteiger partial charge is 0.332 e. The van der Waals surface area contributed by atoms with Crippen molar-refractivity contribution in [2.24, 2.45) is 0 Å². The maximum absolute atomic E-state index is 12.9. The number of nitrogens with zero attached hydrogens (tertiary/aromatic N) is 2. The van der Waals surface area contributed by atoms with Crippen LogP contribution >= 0.6 is 12.4 Å². The van der Waals surface area contributed by atoms with Crippen molar-refractivity contribution in [3.63, 3.8) is 0 Å². The van der Waals surface area contributed by atoms with E-state index in [1.807, 2.05) is 30.1 Å². The summed E-state index contributed by atoms with van der Waals surface area (Å²) in [5.41, 5.74) is 1.01. The lowest BCUT2D eigenvalue weighted by molar-refractivity contribution is -0.138. The summed E-state index contributed by atoms with van der Waals surface area (Å²) >= 11 is 0. The van der Waals surface area contributed by atoms with Crippen molar-refractivity contribution in [1.29, 1.82) is 0 Å². The lowest BCUT2D eigenvalue weighted by Gasteiger charge is -2.39. The van der Waals surface area contributed by atoms with Crippen LogP contribution in [0.4, 0.5) is 0 Å². The molecule has 4 nitrogen and oxygen atoms in total. The van der Waals surface area contributed by atoms with E-state index < -0.39 is 0 Å². The number of carbonyl (C=O) groups excluding carboxylic acids is 1. The molecule has 1 amide bonds. The summed E-state index contributed by atoms with van der Waals surface area (Å²) in [5, 5.41) is 3.34. The van der Waals surface area contributed by atoms with Gasteiger partial charge >= 0.3 is 0 Å². The molecule has 1 atom stereocenters. The van der Waals surface area contributed by atoms with Crippen molar-refractivity contribution < 1.29 is 4.79 Å². The maximum Gasteiger partial charge on any atom is 0.237 e. The van der Waals surface area contributed by atoms with Crippen LogP contribution in [0, 0.1) is 0 Å². The van der Waals surface area contributed by atoms with Crippen LogP contribution in [0.5, 0.6) is 0 Å². The standard InChI is InChI=1S/C19H31N3O.ClH/c1-19(2,3)22(13-16-9-6-5-7-10-16)18(23)15-21-12-8-11-17(14-21)20-4;/h5-7,9-10,17,20H,8,11-15H2,1-4H3;1H. The highest BCUT2D eigenvalue weighted by Gasteiger charge is 2.29. The van der Waals surface area contributed by atoms with Crippen molar-refractivity contribution in [1.82, 2.24) is 15.1 Å². The van der Waals surface area contributed by atoms with Gasteiger partial charge in [0.05, 0.1) is 6.54 Å². The van der Waals surface area contributed by atoms with Gasteiger partial charge in [0.1, 0.15) is 0 Å². The molecule has 0 radical (unpaired) electrons. The Bertz CT molecular complexity index is 501. The van der Waals surface area contributed by atoms with Crippen LogP contribution < -0.4 is 5.32 Å². The molecule has 1 fully saturated rings. The molecule has 1 N–H and O–H groups in total. The Kier molecular flexibility index (Phi) is 8.20. The number of likely N-dealkylation sites (N-methyl/N-ethyl adjacent to an activating group) is 1. The minimum absolute atomic E-state index is 0. The zero-order valence-corrected chi connectivity index (χ0v) is 16.2. The first kappa shape index (κ1) is 20.9. The molecule has 0 aromatic heterocycles. The number of benzene rings is 1. The van der Waals surface area contributed by atoms with Crippen LogP contribution in [-0.2, 0) is 11.3 Å². The van der Waals surface area contributed by atoms with Gasteiger partial charge in [-0.25, -0.2) is 0 Å². The predicted octanol–water partition coefficient (Wildman–Crippen LogP) is 2.92. The Morgan fingerprint density at radius 1 is 1.29 bits per heavy atom. The Morgan fingerprint density at radius 2 is 1.96 bits per heavy atom. The average molecular weight is 354 g/mol. The zero-order chi connectivity index (χ0) is 16.9. The molecule has 136 valence electrons. The second-order valence-corrected chi connectivity index (χ2v) is 7.50. The minimum Gasteiger partial charge on any atom is -0.332 e. The van der Waals surface area contributed by atoms with Gasteiger partial charge < -0.3 is 10.2 Å². The first-order valence-electron chi connectivity index (χ1n) is 8.64. The summed E-state index contributed by atoms with van der Waals surface area (Å²) in [5.74, 6) is 0.220. The van der Waals surface area contributed by atoms with Gasteiger partial charge in [-0.2, -0.15) is 0 Å². The molecule has 0 bridgehead atoms. The van der Waals surface area contributed by atoms with Crippen molar-refractivity contribution >= 4 is 18.3 Å². The molecule has 1 aromatic carbocycles. The number of hydrogen-bond acceptors (Lipinski definition) is 3. The molecule has 24 heavy (non-hydrogen) atoms. The van der Waals surface area contributed by atoms with Gasteiger partial charge in [-0.05, 0) is 52.8 Å². The number of hydrogen-bond donors (Lipinski definition) is 1. The lowest BCUT2D eigenvalue weighted by atomic mass is 10.0. The first-order valence-corrected chi connectivity index (χ1v) is 8.64. The SMILES string of the molecule is CNC1CCCN(CC(=O)N(Cc2ccccc2)C(C)(C)C)C1.Cl. The molecule has 1 heterocycles. The summed E-state index contributed by atoms with van der Waals surface area (Å²) in [4.78, 5) is 17.2. The van der Waals surface area contributed by atoms with Crippen LogP contribution in [0.15, 0.2) is 30.3 Å². The number of piperidine rings is 1. The lowest BCUT2D eigenvalue weighted by Crippen LogP contribution is -2.52. The number of nitrogens with one attached hydrogen (secondary N) is 1. The summed E-state index contributed by atoms with van der Waals surface area (Å²) in [6.07, 6.45) is 2.36. The average Bonchev–Trinajstić information content (AvgIpc) is 2.52. The van der Waals surface area contributed by atoms with Gasteiger partial charge in [0.25, 0.3) is 0 Å². The molecule has 2 rings (SSSR count). The number of carbonyl (C=O) groups is 1. The topological polar surface area (TPSA) is 35.6 Å². The summed E-state index contributed by atoms with van der Waals surface area (Å²) in [7, 11) is 2.01. The maximum atomic E-state index is 12.9. The molecule has 1 unspecified atom stereocenters. The fraction of sp³-hybridized carbons (Fsp3) is 0.632. The van der Waals surface area contributed by atoms with E-state index in [2.05, 4.69) is 43.1 Å². The third-order valence-corrected chi connectivity index (χ3v) is 4.57. The van der Waals surface area contributed by atoms with Crippen LogP contribution in [0.3, 0.4) is 0 Å². The Morgan fingerprint density at radius 3 is 2.54 bits per heavy atom. The van der Waals surface area contributed by atoms with Crippen molar-refractivity contribution in [3.8, 4) is 0 Å². The van der Waals surface area contributed by atoms with E-state index in [1.165, 1.54) is 12.0 Å². The third kappa shape index (κ3) is 6.08. The quantitative estimate of drug-likeness (QED) is 0.884. The molecule has 1 aliphatic rings. The highest BCUT2D eigenvalue weighted by molar-refractivity contribution is 5.85. The number of amides is 1. The second-order valence-electron chi connectivity index (χ2n) is 7.50. The molecule has 1 aromatic rings. The van der Waals surface area contributed by atoms with Crippen molar-refractivity contribution in [2.75, 3.05) is 26.7 Å². The molecule has 1 aliphatic heterocycles. The van der Waals surface area contributed by atoms with E-state index in [-0.39, 0.29) is 23.9 Å². The van der Waals surface area contributed by atoms with Gasteiger partial charge in [-0.15, -0.1) is 12.4 Å². The smallest absolute Gasteiger partial charge is 0.237 e. The van der Waals surface area contributed by atoms with Gasteiger partial charge in [0.15, 0.2) is 0 Å². The fourth-order valence-corrected chi connectivity index (χ4v) is 3.18. The summed E-state index contributed by atoms with van der Waals surface area (Å²) in [6.45, 7) is 9.51.